The van der Waals surface area contributed by atoms with Gasteiger partial charge >= 0.3 is 0 Å². The first-order chi connectivity index (χ1) is 10.0. The van der Waals surface area contributed by atoms with Crippen molar-refractivity contribution in [3.05, 3.63) is 0 Å². The summed E-state index contributed by atoms with van der Waals surface area (Å²) in [5, 5.41) is 0. The predicted octanol–water partition coefficient (Wildman–Crippen LogP) is 3.31. The fourth-order valence-corrected chi connectivity index (χ4v) is 5.12. The van der Waals surface area contributed by atoms with Crippen LogP contribution in [0.5, 0.6) is 0 Å². The fraction of sp³-hybridized carbons (Fsp3) is 0.941. The number of carbonyl (C=O) groups is 1. The van der Waals surface area contributed by atoms with E-state index in [2.05, 4.69) is 46.2 Å². The highest BCUT2D eigenvalue weighted by Crippen LogP contribution is 2.33. The van der Waals surface area contributed by atoms with Gasteiger partial charge < -0.3 is 0 Å². The third-order valence-corrected chi connectivity index (χ3v) is 7.09. The van der Waals surface area contributed by atoms with E-state index in [4.69, 9.17) is 0 Å². The molecule has 3 unspecified atom stereocenters. The van der Waals surface area contributed by atoms with Crippen molar-refractivity contribution < 1.29 is 4.79 Å². The maximum absolute atomic E-state index is 12.7. The second-order valence-electron chi connectivity index (χ2n) is 7.54. The molecule has 0 aromatic carbocycles. The van der Waals surface area contributed by atoms with Crippen LogP contribution >= 0.6 is 22.6 Å². The lowest BCUT2D eigenvalue weighted by Gasteiger charge is -2.38. The van der Waals surface area contributed by atoms with Gasteiger partial charge in [-0.15, -0.1) is 0 Å². The van der Waals surface area contributed by atoms with Gasteiger partial charge in [-0.2, -0.15) is 0 Å². The molecule has 4 heteroatoms. The van der Waals surface area contributed by atoms with Gasteiger partial charge in [0.1, 0.15) is 5.78 Å². The van der Waals surface area contributed by atoms with Crippen molar-refractivity contribution in [2.45, 2.75) is 68.5 Å². The molecule has 1 aliphatic carbocycles. The zero-order chi connectivity index (χ0) is 15.0. The van der Waals surface area contributed by atoms with Gasteiger partial charge in [-0.3, -0.25) is 14.6 Å². The van der Waals surface area contributed by atoms with Crippen molar-refractivity contribution in [2.24, 2.45) is 11.8 Å². The number of alkyl halides is 1. The van der Waals surface area contributed by atoms with Crippen molar-refractivity contribution in [1.29, 1.82) is 0 Å². The Bertz CT molecular complexity index is 381. The zero-order valence-corrected chi connectivity index (χ0v) is 15.6. The van der Waals surface area contributed by atoms with E-state index in [1.807, 2.05) is 0 Å². The first kappa shape index (κ1) is 16.2. The predicted molar refractivity (Wildman–Crippen MR) is 94.7 cm³/mol. The first-order valence-corrected chi connectivity index (χ1v) is 9.95. The third-order valence-electron chi connectivity index (χ3n) is 5.84. The number of ketones is 1. The van der Waals surface area contributed by atoms with Crippen LogP contribution in [-0.2, 0) is 4.79 Å². The minimum absolute atomic E-state index is 0.346. The number of carbonyl (C=O) groups excluding carboxylic acids is 1. The Morgan fingerprint density at radius 3 is 2.57 bits per heavy atom. The second kappa shape index (κ2) is 6.83. The van der Waals surface area contributed by atoms with Crippen LogP contribution in [0.3, 0.4) is 0 Å². The molecule has 3 atom stereocenters. The fourth-order valence-electron chi connectivity index (χ4n) is 4.40. The number of piperidine rings is 1. The number of hydrogen-bond donors (Lipinski definition) is 0. The van der Waals surface area contributed by atoms with E-state index in [0.29, 0.717) is 30.5 Å². The lowest BCUT2D eigenvalue weighted by molar-refractivity contribution is -0.126. The highest BCUT2D eigenvalue weighted by molar-refractivity contribution is 14.1. The van der Waals surface area contributed by atoms with Crippen LogP contribution in [0.4, 0.5) is 0 Å². The van der Waals surface area contributed by atoms with Crippen LogP contribution < -0.4 is 0 Å². The minimum atomic E-state index is 0.346. The Morgan fingerprint density at radius 2 is 1.86 bits per heavy atom. The van der Waals surface area contributed by atoms with Crippen molar-refractivity contribution in [1.82, 2.24) is 9.80 Å². The van der Waals surface area contributed by atoms with E-state index in [1.54, 1.807) is 0 Å². The van der Waals surface area contributed by atoms with Crippen LogP contribution in [0.2, 0.25) is 0 Å². The molecule has 0 N–H and O–H groups in total. The summed E-state index contributed by atoms with van der Waals surface area (Å²) in [6.45, 7) is 7.75. The Balaban J connectivity index is 1.59. The Morgan fingerprint density at radius 1 is 1.14 bits per heavy atom. The third kappa shape index (κ3) is 3.63. The molecule has 120 valence electrons. The van der Waals surface area contributed by atoms with Crippen molar-refractivity contribution in [3.8, 4) is 0 Å². The molecule has 3 aliphatic rings. The standard InChI is InChI=1S/C17H29IN2O/c1-12-7-8-19-10-13(2)20(17(19)9-12)11-16(21)14-3-5-15(18)6-4-14/h12-15,17H,3-11H2,1-2H3. The highest BCUT2D eigenvalue weighted by Gasteiger charge is 2.41. The van der Waals surface area contributed by atoms with Gasteiger partial charge in [0.25, 0.3) is 0 Å². The molecule has 21 heavy (non-hydrogen) atoms. The number of halogens is 1. The Hall–Kier alpha value is 0.320. The molecular weight excluding hydrogens is 375 g/mol. The van der Waals surface area contributed by atoms with Gasteiger partial charge in [0.05, 0.1) is 12.7 Å². The van der Waals surface area contributed by atoms with E-state index in [-0.39, 0.29) is 0 Å². The molecule has 0 aromatic rings. The average Bonchev–Trinajstić information content (AvgIpc) is 2.76. The Labute approximate surface area is 143 Å². The second-order valence-corrected chi connectivity index (χ2v) is 9.30. The van der Waals surface area contributed by atoms with Gasteiger partial charge in [0, 0.05) is 22.4 Å². The van der Waals surface area contributed by atoms with E-state index in [9.17, 15) is 4.79 Å². The molecule has 2 heterocycles. The largest absolute Gasteiger partial charge is 0.298 e. The SMILES string of the molecule is CC1CCN2CC(C)N(CC(=O)C3CCC(I)CC3)C2C1. The van der Waals surface area contributed by atoms with E-state index >= 15 is 0 Å². The molecule has 0 spiro atoms. The molecule has 1 saturated carbocycles. The van der Waals surface area contributed by atoms with Crippen LogP contribution in [0.1, 0.15) is 52.4 Å². The summed E-state index contributed by atoms with van der Waals surface area (Å²) in [5.74, 6) is 1.67. The van der Waals surface area contributed by atoms with Gasteiger partial charge in [-0.1, -0.05) is 29.5 Å². The zero-order valence-electron chi connectivity index (χ0n) is 13.4. The van der Waals surface area contributed by atoms with Crippen molar-refractivity contribution >= 4 is 28.4 Å². The van der Waals surface area contributed by atoms with Crippen LogP contribution in [0.15, 0.2) is 0 Å². The molecular formula is C17H29IN2O. The Kier molecular flexibility index (Phi) is 5.27. The van der Waals surface area contributed by atoms with E-state index in [1.165, 1.54) is 32.2 Å². The molecule has 0 radical (unpaired) electrons. The van der Waals surface area contributed by atoms with Gasteiger partial charge in [0.15, 0.2) is 0 Å². The first-order valence-electron chi connectivity index (χ1n) is 8.71. The maximum Gasteiger partial charge on any atom is 0.149 e. The van der Waals surface area contributed by atoms with Crippen LogP contribution in [-0.4, -0.2) is 51.3 Å². The monoisotopic (exact) mass is 404 g/mol. The molecule has 0 aromatic heterocycles. The number of hydrogen-bond acceptors (Lipinski definition) is 3. The summed E-state index contributed by atoms with van der Waals surface area (Å²) < 4.78 is 0.798. The van der Waals surface area contributed by atoms with Gasteiger partial charge in [-0.25, -0.2) is 0 Å². The smallest absolute Gasteiger partial charge is 0.149 e. The molecule has 0 bridgehead atoms. The van der Waals surface area contributed by atoms with Crippen LogP contribution in [0.25, 0.3) is 0 Å². The summed E-state index contributed by atoms with van der Waals surface area (Å²) in [6, 6.07) is 0.546. The quantitative estimate of drug-likeness (QED) is 0.533. The summed E-state index contributed by atoms with van der Waals surface area (Å²) in [7, 11) is 0. The number of nitrogens with zero attached hydrogens (tertiary/aromatic N) is 2. The maximum atomic E-state index is 12.7. The normalized spacial score (nSPS) is 42.0. The van der Waals surface area contributed by atoms with Crippen LogP contribution in [0, 0.1) is 11.8 Å². The molecule has 3 fully saturated rings. The lowest BCUT2D eigenvalue weighted by atomic mass is 9.86. The highest BCUT2D eigenvalue weighted by atomic mass is 127. The summed E-state index contributed by atoms with van der Waals surface area (Å²) in [6.07, 6.45) is 7.83. The molecule has 3 rings (SSSR count). The molecule has 3 nitrogen and oxygen atoms in total. The summed E-state index contributed by atoms with van der Waals surface area (Å²) >= 11 is 2.54. The number of Topliss-reactive ketones (excluding diaryl/α,β-unsaturated/α-hetero) is 1. The summed E-state index contributed by atoms with van der Waals surface area (Å²) in [4.78, 5) is 17.8. The number of rotatable bonds is 3. The van der Waals surface area contributed by atoms with E-state index in [0.717, 1.165) is 29.2 Å². The van der Waals surface area contributed by atoms with E-state index < -0.39 is 0 Å². The van der Waals surface area contributed by atoms with Gasteiger partial charge in [0.2, 0.25) is 0 Å². The minimum Gasteiger partial charge on any atom is -0.298 e. The van der Waals surface area contributed by atoms with Crippen molar-refractivity contribution in [3.63, 3.8) is 0 Å². The summed E-state index contributed by atoms with van der Waals surface area (Å²) in [5.41, 5.74) is 0. The number of fused-ring (bicyclic) bond motifs is 1. The lowest BCUT2D eigenvalue weighted by Crippen LogP contribution is -2.47. The molecule has 2 aliphatic heterocycles. The van der Waals surface area contributed by atoms with Gasteiger partial charge in [-0.05, 0) is 57.9 Å². The topological polar surface area (TPSA) is 23.6 Å². The molecule has 0 amide bonds. The average molecular weight is 404 g/mol. The molecule has 2 saturated heterocycles. The van der Waals surface area contributed by atoms with Crippen molar-refractivity contribution in [2.75, 3.05) is 19.6 Å².